The van der Waals surface area contributed by atoms with Crippen LogP contribution >= 0.6 is 0 Å². The summed E-state index contributed by atoms with van der Waals surface area (Å²) in [7, 11) is 4.14. The number of nitrogens with zero attached hydrogens (tertiary/aromatic N) is 3. The molecule has 0 bridgehead atoms. The van der Waals surface area contributed by atoms with Gasteiger partial charge in [-0.2, -0.15) is 4.98 Å². The van der Waals surface area contributed by atoms with E-state index >= 15 is 0 Å². The van der Waals surface area contributed by atoms with Gasteiger partial charge in [-0.1, -0.05) is 0 Å². The molecule has 2 aromatic rings. The lowest BCUT2D eigenvalue weighted by molar-refractivity contribution is 0.174. The molecule has 0 saturated carbocycles. The van der Waals surface area contributed by atoms with Crippen LogP contribution in [0.2, 0.25) is 0 Å². The summed E-state index contributed by atoms with van der Waals surface area (Å²) in [6, 6.07) is 7.63. The Morgan fingerprint density at radius 1 is 1.12 bits per heavy atom. The maximum absolute atomic E-state index is 5.39. The van der Waals surface area contributed by atoms with Gasteiger partial charge in [0, 0.05) is 30.1 Å². The van der Waals surface area contributed by atoms with E-state index < -0.39 is 0 Å². The second kappa shape index (κ2) is 7.35. The molecular formula is C17H23N5O2. The number of ether oxygens (including phenoxy) is 2. The number of fused-ring (bicyclic) bond motifs is 1. The first kappa shape index (κ1) is 16.3. The molecule has 0 spiro atoms. The Morgan fingerprint density at radius 3 is 2.79 bits per heavy atom. The molecule has 7 heteroatoms. The molecule has 1 aliphatic heterocycles. The van der Waals surface area contributed by atoms with Gasteiger partial charge >= 0.3 is 0 Å². The van der Waals surface area contributed by atoms with Crippen LogP contribution in [0.4, 0.5) is 17.5 Å². The zero-order valence-corrected chi connectivity index (χ0v) is 14.3. The molecule has 0 radical (unpaired) electrons. The van der Waals surface area contributed by atoms with Crippen LogP contribution in [-0.4, -0.2) is 48.8 Å². The number of rotatable bonds is 7. The summed E-state index contributed by atoms with van der Waals surface area (Å²) in [5, 5.41) is 6.56. The standard InChI is InChI=1S/C17H23N5O2/c1-12-9-16(18-7-4-8-22(2)3)21-17(19-12)20-13-5-6-14-15(10-13)24-11-23-14/h5-6,9-10H,4,7-8,11H2,1-3H3,(H2,18,19,20,21). The highest BCUT2D eigenvalue weighted by molar-refractivity contribution is 5.61. The second-order valence-electron chi connectivity index (χ2n) is 5.99. The number of benzene rings is 1. The molecule has 24 heavy (non-hydrogen) atoms. The average Bonchev–Trinajstić information content (AvgIpc) is 2.98. The minimum absolute atomic E-state index is 0.265. The molecule has 1 aromatic carbocycles. The van der Waals surface area contributed by atoms with Crippen LogP contribution in [0.25, 0.3) is 0 Å². The van der Waals surface area contributed by atoms with Gasteiger partial charge in [-0.05, 0) is 46.1 Å². The summed E-state index contributed by atoms with van der Waals surface area (Å²) in [5.74, 6) is 2.87. The Kier molecular flexibility index (Phi) is 5.00. The third-order valence-corrected chi connectivity index (χ3v) is 3.57. The van der Waals surface area contributed by atoms with Crippen LogP contribution in [0, 0.1) is 6.92 Å². The smallest absolute Gasteiger partial charge is 0.231 e. The molecule has 0 atom stereocenters. The molecule has 0 unspecified atom stereocenters. The van der Waals surface area contributed by atoms with Crippen LogP contribution in [0.3, 0.4) is 0 Å². The summed E-state index contributed by atoms with van der Waals surface area (Å²) < 4.78 is 10.7. The second-order valence-corrected chi connectivity index (χ2v) is 5.99. The number of anilines is 3. The van der Waals surface area contributed by atoms with Crippen molar-refractivity contribution in [3.8, 4) is 11.5 Å². The Labute approximate surface area is 142 Å². The van der Waals surface area contributed by atoms with Crippen molar-refractivity contribution in [3.05, 3.63) is 30.0 Å². The predicted octanol–water partition coefficient (Wildman–Crippen LogP) is 2.62. The minimum Gasteiger partial charge on any atom is -0.454 e. The van der Waals surface area contributed by atoms with Gasteiger partial charge in [0.2, 0.25) is 12.7 Å². The monoisotopic (exact) mass is 329 g/mol. The fourth-order valence-corrected chi connectivity index (χ4v) is 2.43. The predicted molar refractivity (Wildman–Crippen MR) is 94.3 cm³/mol. The number of hydrogen-bond acceptors (Lipinski definition) is 7. The van der Waals surface area contributed by atoms with E-state index in [1.807, 2.05) is 31.2 Å². The van der Waals surface area contributed by atoms with Gasteiger partial charge < -0.3 is 25.0 Å². The van der Waals surface area contributed by atoms with Crippen molar-refractivity contribution < 1.29 is 9.47 Å². The quantitative estimate of drug-likeness (QED) is 0.757. The largest absolute Gasteiger partial charge is 0.454 e. The maximum atomic E-state index is 5.39. The molecule has 0 fully saturated rings. The lowest BCUT2D eigenvalue weighted by atomic mass is 10.3. The van der Waals surface area contributed by atoms with Crippen molar-refractivity contribution in [3.63, 3.8) is 0 Å². The summed E-state index contributed by atoms with van der Waals surface area (Å²) in [6.45, 7) is 4.13. The molecule has 0 saturated heterocycles. The van der Waals surface area contributed by atoms with Crippen LogP contribution in [0.5, 0.6) is 11.5 Å². The fraction of sp³-hybridized carbons (Fsp3) is 0.412. The third-order valence-electron chi connectivity index (χ3n) is 3.57. The van der Waals surface area contributed by atoms with E-state index in [4.69, 9.17) is 9.47 Å². The number of hydrogen-bond donors (Lipinski definition) is 2. The first-order chi connectivity index (χ1) is 11.6. The summed E-state index contributed by atoms with van der Waals surface area (Å²) in [5.41, 5.74) is 1.77. The molecule has 128 valence electrons. The Balaban J connectivity index is 1.65. The Hall–Kier alpha value is -2.54. The van der Waals surface area contributed by atoms with Gasteiger partial charge in [0.25, 0.3) is 0 Å². The van der Waals surface area contributed by atoms with Crippen LogP contribution in [-0.2, 0) is 0 Å². The lowest BCUT2D eigenvalue weighted by Gasteiger charge is -2.12. The molecule has 1 aromatic heterocycles. The first-order valence-corrected chi connectivity index (χ1v) is 8.01. The number of nitrogens with one attached hydrogen (secondary N) is 2. The third kappa shape index (κ3) is 4.26. The van der Waals surface area contributed by atoms with Crippen molar-refractivity contribution in [2.45, 2.75) is 13.3 Å². The van der Waals surface area contributed by atoms with E-state index in [0.29, 0.717) is 5.95 Å². The summed E-state index contributed by atoms with van der Waals surface area (Å²) in [6.07, 6.45) is 1.06. The Morgan fingerprint density at radius 2 is 1.96 bits per heavy atom. The SMILES string of the molecule is Cc1cc(NCCCN(C)C)nc(Nc2ccc3c(c2)OCO3)n1. The van der Waals surface area contributed by atoms with Crippen molar-refractivity contribution in [1.29, 1.82) is 0 Å². The summed E-state index contributed by atoms with van der Waals surface area (Å²) >= 11 is 0. The van der Waals surface area contributed by atoms with Gasteiger partial charge in [0.05, 0.1) is 0 Å². The van der Waals surface area contributed by atoms with Crippen molar-refractivity contribution in [2.75, 3.05) is 44.6 Å². The molecule has 1 aliphatic rings. The van der Waals surface area contributed by atoms with Gasteiger partial charge in [-0.25, -0.2) is 4.98 Å². The zero-order valence-electron chi connectivity index (χ0n) is 14.3. The fourth-order valence-electron chi connectivity index (χ4n) is 2.43. The van der Waals surface area contributed by atoms with Crippen molar-refractivity contribution in [1.82, 2.24) is 14.9 Å². The van der Waals surface area contributed by atoms with E-state index in [-0.39, 0.29) is 6.79 Å². The normalized spacial score (nSPS) is 12.5. The lowest BCUT2D eigenvalue weighted by Crippen LogP contribution is -2.16. The topological polar surface area (TPSA) is 71.5 Å². The molecule has 3 rings (SSSR count). The van der Waals surface area contributed by atoms with Gasteiger partial charge in [-0.15, -0.1) is 0 Å². The molecule has 7 nitrogen and oxygen atoms in total. The highest BCUT2D eigenvalue weighted by atomic mass is 16.7. The van der Waals surface area contributed by atoms with Gasteiger partial charge in [0.1, 0.15) is 5.82 Å². The van der Waals surface area contributed by atoms with E-state index in [1.54, 1.807) is 0 Å². The molecule has 2 heterocycles. The summed E-state index contributed by atoms with van der Waals surface area (Å²) in [4.78, 5) is 11.1. The van der Waals surface area contributed by atoms with Gasteiger partial charge in [0.15, 0.2) is 11.5 Å². The molecule has 2 N–H and O–H groups in total. The van der Waals surface area contributed by atoms with Crippen LogP contribution < -0.4 is 20.1 Å². The first-order valence-electron chi connectivity index (χ1n) is 8.01. The minimum atomic E-state index is 0.265. The van der Waals surface area contributed by atoms with E-state index in [2.05, 4.69) is 39.6 Å². The zero-order chi connectivity index (χ0) is 16.9. The molecular weight excluding hydrogens is 306 g/mol. The van der Waals surface area contributed by atoms with Crippen molar-refractivity contribution >= 4 is 17.5 Å². The van der Waals surface area contributed by atoms with Gasteiger partial charge in [-0.3, -0.25) is 0 Å². The number of aryl methyl sites for hydroxylation is 1. The molecule has 0 amide bonds. The highest BCUT2D eigenvalue weighted by Crippen LogP contribution is 2.34. The maximum Gasteiger partial charge on any atom is 0.231 e. The van der Waals surface area contributed by atoms with E-state index in [0.717, 1.165) is 48.2 Å². The van der Waals surface area contributed by atoms with Crippen LogP contribution in [0.1, 0.15) is 12.1 Å². The highest BCUT2D eigenvalue weighted by Gasteiger charge is 2.13. The Bertz CT molecular complexity index is 705. The van der Waals surface area contributed by atoms with E-state index in [9.17, 15) is 0 Å². The van der Waals surface area contributed by atoms with Crippen LogP contribution in [0.15, 0.2) is 24.3 Å². The van der Waals surface area contributed by atoms with Crippen molar-refractivity contribution in [2.24, 2.45) is 0 Å². The molecule has 0 aliphatic carbocycles. The number of aromatic nitrogens is 2. The average molecular weight is 329 g/mol. The van der Waals surface area contributed by atoms with E-state index in [1.165, 1.54) is 0 Å².